The number of aliphatic hydroxyl groups excluding tert-OH is 14. The van der Waals surface area contributed by atoms with Crippen molar-refractivity contribution in [2.75, 3.05) is 26.4 Å². The molecule has 10 rings (SSSR count). The second-order valence-electron chi connectivity index (χ2n) is 26.2. The van der Waals surface area contributed by atoms with Gasteiger partial charge in [0.15, 0.2) is 37.2 Å². The lowest BCUT2D eigenvalue weighted by Gasteiger charge is -2.58. The topological polar surface area (TPSA) is 405 Å². The summed E-state index contributed by atoms with van der Waals surface area (Å²) in [4.78, 5) is 0. The van der Waals surface area contributed by atoms with Gasteiger partial charge in [0.25, 0.3) is 0 Å². The Kier molecular flexibility index (Phi) is 19.4. The maximum atomic E-state index is 12.2. The van der Waals surface area contributed by atoms with Crippen LogP contribution in [0.1, 0.15) is 99.3 Å². The van der Waals surface area contributed by atoms with Crippen molar-refractivity contribution in [1.29, 1.82) is 0 Å². The highest BCUT2D eigenvalue weighted by Crippen LogP contribution is 2.70. The zero-order chi connectivity index (χ0) is 59.2. The first kappa shape index (κ1) is 63.7. The summed E-state index contributed by atoms with van der Waals surface area (Å²) in [5.41, 5.74) is 0.886. The molecule has 3 saturated carbocycles. The summed E-state index contributed by atoms with van der Waals surface area (Å²) in [6.07, 6.45) is -29.4. The second-order valence-corrected chi connectivity index (χ2v) is 26.2. The molecule has 0 amide bonds. The van der Waals surface area contributed by atoms with Gasteiger partial charge in [-0.3, -0.25) is 0 Å². The number of aliphatic hydroxyl groups is 15. The molecule has 82 heavy (non-hydrogen) atoms. The fourth-order valence-corrected chi connectivity index (χ4v) is 16.1. The molecule has 0 unspecified atom stereocenters. The predicted octanol–water partition coefficient (Wildman–Crippen LogP) is -3.52. The van der Waals surface area contributed by atoms with Gasteiger partial charge in [0, 0.05) is 12.3 Å². The first-order chi connectivity index (χ1) is 38.7. The molecule has 472 valence electrons. The van der Waals surface area contributed by atoms with Crippen molar-refractivity contribution in [2.45, 2.75) is 265 Å². The van der Waals surface area contributed by atoms with Crippen LogP contribution in [0.5, 0.6) is 0 Å². The van der Waals surface area contributed by atoms with Crippen LogP contribution < -0.4 is 0 Å². The highest BCUT2D eigenvalue weighted by atomic mass is 16.8. The number of hydrogen-bond donors (Lipinski definition) is 15. The summed E-state index contributed by atoms with van der Waals surface area (Å²) in [5, 5.41) is 161. The number of allylic oxidation sites excluding steroid dienone is 1. The lowest BCUT2D eigenvalue weighted by Crippen LogP contribution is -2.68. The van der Waals surface area contributed by atoms with Crippen LogP contribution in [0.4, 0.5) is 0 Å². The average Bonchev–Trinajstić information content (AvgIpc) is 4.04. The number of hydrogen-bond acceptors (Lipinski definition) is 26. The Morgan fingerprint density at radius 1 is 0.610 bits per heavy atom. The Balaban J connectivity index is 0.844. The van der Waals surface area contributed by atoms with Gasteiger partial charge < -0.3 is 129 Å². The van der Waals surface area contributed by atoms with Crippen LogP contribution in [0.15, 0.2) is 11.6 Å². The van der Waals surface area contributed by atoms with Crippen LogP contribution in [0.3, 0.4) is 0 Å². The fourth-order valence-electron chi connectivity index (χ4n) is 16.1. The summed E-state index contributed by atoms with van der Waals surface area (Å²) in [6, 6.07) is 0. The molecule has 9 fully saturated rings. The van der Waals surface area contributed by atoms with Crippen LogP contribution in [-0.4, -0.2) is 268 Å². The van der Waals surface area contributed by atoms with E-state index in [-0.39, 0.29) is 41.3 Å². The van der Waals surface area contributed by atoms with Crippen molar-refractivity contribution in [3.8, 4) is 0 Å². The van der Waals surface area contributed by atoms with Gasteiger partial charge >= 0.3 is 0 Å². The Bertz CT molecular complexity index is 2170. The second kappa shape index (κ2) is 24.9. The van der Waals surface area contributed by atoms with Crippen LogP contribution in [0, 0.1) is 46.3 Å². The van der Waals surface area contributed by atoms with E-state index in [1.807, 2.05) is 6.92 Å². The van der Waals surface area contributed by atoms with Gasteiger partial charge in [0.2, 0.25) is 0 Å². The molecular formula is C56H92O26. The van der Waals surface area contributed by atoms with E-state index in [2.05, 4.69) is 26.8 Å². The molecule has 15 N–H and O–H groups in total. The van der Waals surface area contributed by atoms with Crippen molar-refractivity contribution < 1.29 is 129 Å². The SMILES string of the molecule is C[C@H](CC[C@@]1(O)O[C@H]2C[C@H]3[C@@H]4CC=C5C[C@@H](O[C@@H]6O[C@H](CO)[C@@H](O[C@@H]7O[C@@H](C)[C@H](O)[C@@H](O)[C@H]7O)[C@H](O[C@@H]7OC[C@@H](O)[C@H](O)[C@H]7O)[C@H]6O[C@@H]6O[C@@H](C)[C@H](O)[C@@H](O)[C@H]6O)CC[C@]5(C)[C@H]4CC[C@]3(C)[C@H]2[C@@H]1C)CO[C@@H]1O[C@H](CO)[C@@H](O)[C@H](O)[C@H]1O. The van der Waals surface area contributed by atoms with Gasteiger partial charge in [-0.1, -0.05) is 39.3 Å². The van der Waals surface area contributed by atoms with Crippen molar-refractivity contribution >= 4 is 0 Å². The van der Waals surface area contributed by atoms with Crippen LogP contribution in [0.25, 0.3) is 0 Å². The Labute approximate surface area is 476 Å². The average molecular weight is 1180 g/mol. The van der Waals surface area contributed by atoms with Crippen molar-refractivity contribution in [3.05, 3.63) is 11.6 Å². The molecule has 0 aromatic heterocycles. The molecule has 0 aromatic rings. The predicted molar refractivity (Wildman–Crippen MR) is 275 cm³/mol. The molecule has 26 heteroatoms. The molecule has 0 spiro atoms. The normalized spacial score (nSPS) is 55.5. The molecule has 26 nitrogen and oxygen atoms in total. The van der Waals surface area contributed by atoms with E-state index in [1.165, 1.54) is 19.4 Å². The highest BCUT2D eigenvalue weighted by Gasteiger charge is 2.68. The zero-order valence-corrected chi connectivity index (χ0v) is 47.4. The first-order valence-electron chi connectivity index (χ1n) is 29.7. The van der Waals surface area contributed by atoms with E-state index in [4.69, 9.17) is 52.1 Å². The summed E-state index contributed by atoms with van der Waals surface area (Å²) >= 11 is 0. The Morgan fingerprint density at radius 3 is 1.84 bits per heavy atom. The number of fused-ring (bicyclic) bond motifs is 7. The first-order valence-corrected chi connectivity index (χ1v) is 29.7. The van der Waals surface area contributed by atoms with Crippen LogP contribution in [-0.2, 0) is 52.1 Å². The summed E-state index contributed by atoms with van der Waals surface area (Å²) in [5.74, 6) is -0.536. The maximum absolute atomic E-state index is 12.2. The minimum absolute atomic E-state index is 0.102. The van der Waals surface area contributed by atoms with Gasteiger partial charge in [0.1, 0.15) is 104 Å². The van der Waals surface area contributed by atoms with E-state index >= 15 is 0 Å². The smallest absolute Gasteiger partial charge is 0.187 e. The standard InChI is InChI=1S/C56H92O26/c1-21(19-72-49-43(68)41(66)38(63)32(17-57)77-49)9-14-56(71)22(2)34-31(82-56)16-29-27-8-7-25-15-26(10-12-54(25,5)28(27)11-13-55(29,34)6)76-53-48(81-52-45(70)40(65)36(61)24(4)75-52)47(80-50-42(67)37(62)30(59)20-73-50)46(33(18-58)78-53)79-51-44(69)39(64)35(60)23(3)74-51/h7,21-24,26-53,57-71H,8-20H2,1-6H3/t21-,22+,23+,24+,26+,27-,28+,29+,30-,31+,32-,33-,34+,35+,36+,37+,38-,39-,40-,41+,42-,43-,44-,45-,46-,47+,48-,49-,50+,51+,52+,53-,54+,55+,56-/m1/s1. The Hall–Kier alpha value is -1.30. The van der Waals surface area contributed by atoms with Crippen molar-refractivity contribution in [2.24, 2.45) is 46.3 Å². The van der Waals surface area contributed by atoms with Crippen molar-refractivity contribution in [1.82, 2.24) is 0 Å². The molecule has 0 radical (unpaired) electrons. The third-order valence-electron chi connectivity index (χ3n) is 21.2. The van der Waals surface area contributed by atoms with Gasteiger partial charge in [-0.15, -0.1) is 0 Å². The minimum Gasteiger partial charge on any atom is -0.394 e. The minimum atomic E-state index is -1.87. The van der Waals surface area contributed by atoms with Crippen molar-refractivity contribution in [3.63, 3.8) is 0 Å². The number of rotatable bonds is 16. The zero-order valence-electron chi connectivity index (χ0n) is 47.4. The monoisotopic (exact) mass is 1180 g/mol. The van der Waals surface area contributed by atoms with E-state index in [0.29, 0.717) is 43.4 Å². The quantitative estimate of drug-likeness (QED) is 0.0666. The molecule has 10 aliphatic rings. The third-order valence-corrected chi connectivity index (χ3v) is 21.2. The van der Waals surface area contributed by atoms with Gasteiger partial charge in [0.05, 0.1) is 50.8 Å². The van der Waals surface area contributed by atoms with E-state index < -0.39 is 179 Å². The Morgan fingerprint density at radius 2 is 1.20 bits per heavy atom. The fraction of sp³-hybridized carbons (Fsp3) is 0.964. The molecule has 6 aliphatic heterocycles. The summed E-state index contributed by atoms with van der Waals surface area (Å²) in [7, 11) is 0. The number of ether oxygens (including phenoxy) is 11. The van der Waals surface area contributed by atoms with Gasteiger partial charge in [-0.25, -0.2) is 0 Å². The largest absolute Gasteiger partial charge is 0.394 e. The third kappa shape index (κ3) is 11.6. The summed E-state index contributed by atoms with van der Waals surface area (Å²) < 4.78 is 68.0. The molecule has 4 aliphatic carbocycles. The van der Waals surface area contributed by atoms with E-state index in [0.717, 1.165) is 32.1 Å². The summed E-state index contributed by atoms with van der Waals surface area (Å²) in [6.45, 7) is 9.92. The molecule has 35 atom stereocenters. The highest BCUT2D eigenvalue weighted by molar-refractivity contribution is 5.26. The van der Waals surface area contributed by atoms with E-state index in [9.17, 15) is 76.6 Å². The van der Waals surface area contributed by atoms with Gasteiger partial charge in [-0.05, 0) is 106 Å². The van der Waals surface area contributed by atoms with Gasteiger partial charge in [-0.2, -0.15) is 0 Å². The van der Waals surface area contributed by atoms with E-state index in [1.54, 1.807) is 0 Å². The molecule has 0 aromatic carbocycles. The van der Waals surface area contributed by atoms with Crippen LogP contribution in [0.2, 0.25) is 0 Å². The maximum Gasteiger partial charge on any atom is 0.187 e. The lowest BCUT2D eigenvalue weighted by atomic mass is 9.47. The molecule has 6 heterocycles. The van der Waals surface area contributed by atoms with Crippen LogP contribution >= 0.6 is 0 Å². The molecular weight excluding hydrogens is 1090 g/mol. The molecule has 6 saturated heterocycles. The lowest BCUT2D eigenvalue weighted by molar-refractivity contribution is -0.407. The molecule has 0 bridgehead atoms.